The van der Waals surface area contributed by atoms with Crippen molar-refractivity contribution in [2.45, 2.75) is 19.4 Å². The van der Waals surface area contributed by atoms with Gasteiger partial charge in [0.25, 0.3) is 0 Å². The van der Waals surface area contributed by atoms with Gasteiger partial charge >= 0.3 is 0 Å². The summed E-state index contributed by atoms with van der Waals surface area (Å²) in [5, 5.41) is 0. The van der Waals surface area contributed by atoms with Gasteiger partial charge in [0.1, 0.15) is 5.69 Å². The number of aromatic nitrogens is 4. The number of carbonyl (C=O) groups is 1. The molecule has 3 heterocycles. The van der Waals surface area contributed by atoms with Crippen LogP contribution < -0.4 is 0 Å². The van der Waals surface area contributed by atoms with E-state index < -0.39 is 0 Å². The van der Waals surface area contributed by atoms with Gasteiger partial charge in [-0.05, 0) is 19.1 Å². The molecule has 3 aromatic rings. The first-order chi connectivity index (χ1) is 11.1. The second-order valence-corrected chi connectivity index (χ2v) is 5.94. The highest BCUT2D eigenvalue weighted by atomic mass is 16.2. The molecule has 0 saturated carbocycles. The zero-order chi connectivity index (χ0) is 16.0. The summed E-state index contributed by atoms with van der Waals surface area (Å²) < 4.78 is 2.05. The number of amides is 1. The van der Waals surface area contributed by atoms with Crippen molar-refractivity contribution in [2.24, 2.45) is 0 Å². The Labute approximate surface area is 133 Å². The zero-order valence-electron chi connectivity index (χ0n) is 13.1. The molecule has 1 aliphatic heterocycles. The lowest BCUT2D eigenvalue weighted by Crippen LogP contribution is -2.20. The normalized spacial score (nSPS) is 18.1. The Balaban J connectivity index is 1.82. The maximum absolute atomic E-state index is 11.8. The standard InChI is InChI=1S/C17H17N5O/c1-11-16(20-14-6-4-3-5-13(14)19-11)17-18-7-8-22(17)12-9-15(23)21(2)10-12/h3-8,12H,9-10H2,1-2H3. The number of hydrogen-bond donors (Lipinski definition) is 0. The van der Waals surface area contributed by atoms with E-state index in [-0.39, 0.29) is 11.9 Å². The second-order valence-electron chi connectivity index (χ2n) is 5.94. The highest BCUT2D eigenvalue weighted by Crippen LogP contribution is 2.28. The quantitative estimate of drug-likeness (QED) is 0.728. The SMILES string of the molecule is Cc1nc2ccccc2nc1-c1nccn1C1CC(=O)N(C)C1. The zero-order valence-corrected chi connectivity index (χ0v) is 13.1. The lowest BCUT2D eigenvalue weighted by molar-refractivity contribution is -0.126. The Morgan fingerprint density at radius 1 is 1.17 bits per heavy atom. The average molecular weight is 307 g/mol. The summed E-state index contributed by atoms with van der Waals surface area (Å²) >= 11 is 0. The number of para-hydroxylation sites is 2. The van der Waals surface area contributed by atoms with Crippen LogP contribution in [0.2, 0.25) is 0 Å². The van der Waals surface area contributed by atoms with Gasteiger partial charge in [-0.3, -0.25) is 4.79 Å². The molecule has 1 amide bonds. The molecule has 1 unspecified atom stereocenters. The van der Waals surface area contributed by atoms with E-state index >= 15 is 0 Å². The number of nitrogens with zero attached hydrogens (tertiary/aromatic N) is 5. The van der Waals surface area contributed by atoms with E-state index in [0.29, 0.717) is 13.0 Å². The number of benzene rings is 1. The van der Waals surface area contributed by atoms with E-state index in [0.717, 1.165) is 28.2 Å². The van der Waals surface area contributed by atoms with Crippen LogP contribution in [-0.2, 0) is 4.79 Å². The lowest BCUT2D eigenvalue weighted by Gasteiger charge is -2.15. The van der Waals surface area contributed by atoms with Gasteiger partial charge in [0.2, 0.25) is 5.91 Å². The molecule has 4 rings (SSSR count). The highest BCUT2D eigenvalue weighted by molar-refractivity contribution is 5.79. The molecule has 1 saturated heterocycles. The van der Waals surface area contributed by atoms with Crippen molar-refractivity contribution in [1.29, 1.82) is 0 Å². The molecular weight excluding hydrogens is 290 g/mol. The molecule has 0 N–H and O–H groups in total. The Kier molecular flexibility index (Phi) is 3.11. The van der Waals surface area contributed by atoms with Crippen LogP contribution in [0.3, 0.4) is 0 Å². The van der Waals surface area contributed by atoms with Crippen molar-refractivity contribution in [1.82, 2.24) is 24.4 Å². The van der Waals surface area contributed by atoms with Crippen LogP contribution in [0.25, 0.3) is 22.6 Å². The van der Waals surface area contributed by atoms with E-state index in [4.69, 9.17) is 4.98 Å². The Morgan fingerprint density at radius 2 is 1.91 bits per heavy atom. The van der Waals surface area contributed by atoms with Crippen molar-refractivity contribution >= 4 is 16.9 Å². The first-order valence-electron chi connectivity index (χ1n) is 7.64. The average Bonchev–Trinajstić information content (AvgIpc) is 3.14. The minimum absolute atomic E-state index is 0.0951. The van der Waals surface area contributed by atoms with Gasteiger partial charge in [0.15, 0.2) is 5.82 Å². The number of fused-ring (bicyclic) bond motifs is 1. The lowest BCUT2D eigenvalue weighted by atomic mass is 10.2. The third-order valence-corrected chi connectivity index (χ3v) is 4.34. The third kappa shape index (κ3) is 2.27. The molecule has 116 valence electrons. The van der Waals surface area contributed by atoms with Crippen LogP contribution in [0.1, 0.15) is 18.2 Å². The fourth-order valence-corrected chi connectivity index (χ4v) is 3.12. The fraction of sp³-hybridized carbons (Fsp3) is 0.294. The van der Waals surface area contributed by atoms with Crippen LogP contribution in [0.15, 0.2) is 36.7 Å². The van der Waals surface area contributed by atoms with Gasteiger partial charge in [-0.25, -0.2) is 15.0 Å². The molecule has 1 aliphatic rings. The summed E-state index contributed by atoms with van der Waals surface area (Å²) in [6.07, 6.45) is 4.18. The Bertz CT molecular complexity index is 901. The molecule has 2 aromatic heterocycles. The molecule has 1 atom stereocenters. The van der Waals surface area contributed by atoms with E-state index in [1.54, 1.807) is 11.1 Å². The molecule has 23 heavy (non-hydrogen) atoms. The monoisotopic (exact) mass is 307 g/mol. The Hall–Kier alpha value is -2.76. The minimum atomic E-state index is 0.0951. The smallest absolute Gasteiger partial charge is 0.224 e. The van der Waals surface area contributed by atoms with Crippen LogP contribution in [0.5, 0.6) is 0 Å². The first-order valence-corrected chi connectivity index (χ1v) is 7.64. The predicted octanol–water partition coefficient (Wildman–Crippen LogP) is 2.20. The molecule has 6 heteroatoms. The number of aryl methyl sites for hydroxylation is 1. The van der Waals surface area contributed by atoms with Gasteiger partial charge in [0, 0.05) is 32.4 Å². The van der Waals surface area contributed by atoms with Gasteiger partial charge in [-0.1, -0.05) is 12.1 Å². The van der Waals surface area contributed by atoms with E-state index in [9.17, 15) is 4.79 Å². The van der Waals surface area contributed by atoms with Gasteiger partial charge in [-0.2, -0.15) is 0 Å². The molecule has 6 nitrogen and oxygen atoms in total. The number of imidazole rings is 1. The van der Waals surface area contributed by atoms with Crippen LogP contribution >= 0.6 is 0 Å². The second kappa shape index (κ2) is 5.15. The molecule has 0 bridgehead atoms. The largest absolute Gasteiger partial charge is 0.344 e. The topological polar surface area (TPSA) is 63.9 Å². The number of hydrogen-bond acceptors (Lipinski definition) is 4. The van der Waals surface area contributed by atoms with Crippen molar-refractivity contribution in [3.63, 3.8) is 0 Å². The molecular formula is C17H17N5O. The van der Waals surface area contributed by atoms with Gasteiger partial charge in [-0.15, -0.1) is 0 Å². The molecule has 0 radical (unpaired) electrons. The number of likely N-dealkylation sites (N-methyl/N-ethyl adjacent to an activating group) is 1. The summed E-state index contributed by atoms with van der Waals surface area (Å²) in [6, 6.07) is 7.91. The summed E-state index contributed by atoms with van der Waals surface area (Å²) in [5.74, 6) is 0.935. The molecule has 0 spiro atoms. The maximum Gasteiger partial charge on any atom is 0.224 e. The van der Waals surface area contributed by atoms with Crippen LogP contribution in [0, 0.1) is 6.92 Å². The third-order valence-electron chi connectivity index (χ3n) is 4.34. The molecule has 0 aliphatic carbocycles. The maximum atomic E-state index is 11.8. The number of carbonyl (C=O) groups excluding carboxylic acids is 1. The van der Waals surface area contributed by atoms with Crippen molar-refractivity contribution in [2.75, 3.05) is 13.6 Å². The fourth-order valence-electron chi connectivity index (χ4n) is 3.12. The van der Waals surface area contributed by atoms with Crippen LogP contribution in [0.4, 0.5) is 0 Å². The van der Waals surface area contributed by atoms with Crippen molar-refractivity contribution < 1.29 is 4.79 Å². The van der Waals surface area contributed by atoms with Crippen LogP contribution in [-0.4, -0.2) is 43.9 Å². The number of likely N-dealkylation sites (tertiary alicyclic amines) is 1. The van der Waals surface area contributed by atoms with Crippen molar-refractivity contribution in [3.05, 3.63) is 42.4 Å². The van der Waals surface area contributed by atoms with Gasteiger partial charge in [0.05, 0.1) is 22.8 Å². The summed E-state index contributed by atoms with van der Waals surface area (Å²) in [7, 11) is 1.83. The summed E-state index contributed by atoms with van der Waals surface area (Å²) in [4.78, 5) is 27.4. The van der Waals surface area contributed by atoms with E-state index in [2.05, 4.69) is 9.97 Å². The molecule has 1 fully saturated rings. The number of rotatable bonds is 2. The van der Waals surface area contributed by atoms with E-state index in [1.807, 2.05) is 49.0 Å². The molecule has 1 aromatic carbocycles. The summed E-state index contributed by atoms with van der Waals surface area (Å²) in [6.45, 7) is 2.64. The van der Waals surface area contributed by atoms with Gasteiger partial charge < -0.3 is 9.47 Å². The van der Waals surface area contributed by atoms with E-state index in [1.165, 1.54) is 0 Å². The first kappa shape index (κ1) is 13.9. The Morgan fingerprint density at radius 3 is 2.61 bits per heavy atom. The van der Waals surface area contributed by atoms with Crippen molar-refractivity contribution in [3.8, 4) is 11.5 Å². The highest BCUT2D eigenvalue weighted by Gasteiger charge is 2.30. The predicted molar refractivity (Wildman–Crippen MR) is 86.8 cm³/mol. The summed E-state index contributed by atoms with van der Waals surface area (Å²) in [5.41, 5.74) is 3.34. The minimum Gasteiger partial charge on any atom is -0.344 e.